The van der Waals surface area contributed by atoms with Gasteiger partial charge in [-0.05, 0) is 70.0 Å². The lowest BCUT2D eigenvalue weighted by molar-refractivity contribution is -0.141. The van der Waals surface area contributed by atoms with Crippen LogP contribution in [0.2, 0.25) is 0 Å². The molecule has 218 valence electrons. The van der Waals surface area contributed by atoms with Crippen LogP contribution in [0.25, 0.3) is 11.3 Å². The summed E-state index contributed by atoms with van der Waals surface area (Å²) in [4.78, 5) is 27.6. The van der Waals surface area contributed by atoms with E-state index in [2.05, 4.69) is 20.5 Å². The monoisotopic (exact) mass is 568 g/mol. The van der Waals surface area contributed by atoms with Crippen LogP contribution in [-0.2, 0) is 4.79 Å². The first-order valence-corrected chi connectivity index (χ1v) is 14.1. The van der Waals surface area contributed by atoms with E-state index in [1.54, 1.807) is 26.2 Å². The van der Waals surface area contributed by atoms with Crippen molar-refractivity contribution in [2.24, 2.45) is 0 Å². The van der Waals surface area contributed by atoms with Crippen LogP contribution in [0.5, 0.6) is 11.5 Å². The van der Waals surface area contributed by atoms with E-state index in [1.165, 1.54) is 0 Å². The SMILES string of the molecule is CCOc1ccccc1OC1CCCN(c2cncc(Nc3cccc(-c4ccc(NC(C)(C)C(=O)O)cc4)n3)n2)C1. The van der Waals surface area contributed by atoms with Crippen molar-refractivity contribution in [2.45, 2.75) is 45.3 Å². The number of nitrogens with zero attached hydrogens (tertiary/aromatic N) is 4. The molecule has 0 spiro atoms. The summed E-state index contributed by atoms with van der Waals surface area (Å²) in [7, 11) is 0. The van der Waals surface area contributed by atoms with Crippen molar-refractivity contribution >= 4 is 29.1 Å². The van der Waals surface area contributed by atoms with Gasteiger partial charge < -0.3 is 30.1 Å². The first kappa shape index (κ1) is 28.7. The Bertz CT molecular complexity index is 1510. The van der Waals surface area contributed by atoms with Crippen molar-refractivity contribution in [3.63, 3.8) is 0 Å². The Labute approximate surface area is 245 Å². The third kappa shape index (κ3) is 7.06. The highest BCUT2D eigenvalue weighted by Gasteiger charge is 2.26. The number of nitrogens with one attached hydrogen (secondary N) is 2. The molecule has 3 N–H and O–H groups in total. The summed E-state index contributed by atoms with van der Waals surface area (Å²) in [6.07, 6.45) is 5.39. The van der Waals surface area contributed by atoms with Crippen molar-refractivity contribution in [1.82, 2.24) is 15.0 Å². The normalized spacial score (nSPS) is 15.1. The van der Waals surface area contributed by atoms with Crippen LogP contribution >= 0.6 is 0 Å². The number of aliphatic carboxylic acids is 1. The second-order valence-electron chi connectivity index (χ2n) is 10.6. The van der Waals surface area contributed by atoms with Gasteiger partial charge in [-0.1, -0.05) is 30.3 Å². The lowest BCUT2D eigenvalue weighted by Gasteiger charge is -2.33. The molecule has 0 bridgehead atoms. The van der Waals surface area contributed by atoms with Crippen LogP contribution in [0.15, 0.2) is 79.1 Å². The molecule has 1 unspecified atom stereocenters. The van der Waals surface area contributed by atoms with Crippen LogP contribution in [0.1, 0.15) is 33.6 Å². The molecule has 1 atom stereocenters. The fourth-order valence-electron chi connectivity index (χ4n) is 4.75. The summed E-state index contributed by atoms with van der Waals surface area (Å²) in [5.41, 5.74) is 1.33. The van der Waals surface area contributed by atoms with Crippen molar-refractivity contribution in [1.29, 1.82) is 0 Å². The number of rotatable bonds is 11. The topological polar surface area (TPSA) is 122 Å². The van der Waals surface area contributed by atoms with Crippen LogP contribution in [0, 0.1) is 0 Å². The largest absolute Gasteiger partial charge is 0.490 e. The highest BCUT2D eigenvalue weighted by atomic mass is 16.5. The molecule has 5 rings (SSSR count). The van der Waals surface area contributed by atoms with E-state index in [1.807, 2.05) is 73.7 Å². The predicted molar refractivity (Wildman–Crippen MR) is 164 cm³/mol. The first-order valence-electron chi connectivity index (χ1n) is 14.1. The molecule has 4 aromatic rings. The van der Waals surface area contributed by atoms with E-state index >= 15 is 0 Å². The number of benzene rings is 2. The lowest BCUT2D eigenvalue weighted by atomic mass is 10.0. The molecule has 42 heavy (non-hydrogen) atoms. The van der Waals surface area contributed by atoms with E-state index in [0.717, 1.165) is 53.6 Å². The molecule has 1 aliphatic heterocycles. The Morgan fingerprint density at radius 2 is 1.79 bits per heavy atom. The predicted octanol–water partition coefficient (Wildman–Crippen LogP) is 6.00. The van der Waals surface area contributed by atoms with Gasteiger partial charge in [0.2, 0.25) is 0 Å². The standard InChI is InChI=1S/C32H36N6O4/c1-4-41-26-11-5-6-12-27(26)42-24-9-8-18-38(21-24)30-20-33-19-29(36-30)35-28-13-7-10-25(34-28)22-14-16-23(17-15-22)37-32(2,3)31(39)40/h5-7,10-17,19-20,24,37H,4,8-9,18,21H2,1-3H3,(H,39,40)(H,34,35,36). The maximum atomic E-state index is 11.4. The Balaban J connectivity index is 1.25. The summed E-state index contributed by atoms with van der Waals surface area (Å²) in [5, 5.41) is 15.7. The highest BCUT2D eigenvalue weighted by Crippen LogP contribution is 2.30. The number of ether oxygens (including phenoxy) is 2. The maximum absolute atomic E-state index is 11.4. The summed E-state index contributed by atoms with van der Waals surface area (Å²) < 4.78 is 12.1. The Hall–Kier alpha value is -4.86. The minimum absolute atomic E-state index is 0.00825. The zero-order chi connectivity index (χ0) is 29.5. The van der Waals surface area contributed by atoms with E-state index < -0.39 is 11.5 Å². The van der Waals surface area contributed by atoms with E-state index in [9.17, 15) is 9.90 Å². The number of piperidine rings is 1. The number of carbonyl (C=O) groups is 1. The minimum Gasteiger partial charge on any atom is -0.490 e. The van der Waals surface area contributed by atoms with Gasteiger partial charge in [-0.25, -0.2) is 14.8 Å². The van der Waals surface area contributed by atoms with E-state index in [-0.39, 0.29) is 6.10 Å². The zero-order valence-electron chi connectivity index (χ0n) is 24.1. The number of anilines is 4. The smallest absolute Gasteiger partial charge is 0.328 e. The van der Waals surface area contributed by atoms with Crippen molar-refractivity contribution in [3.05, 3.63) is 79.1 Å². The molecule has 10 nitrogen and oxygen atoms in total. The minimum atomic E-state index is -1.07. The number of carboxylic acids is 1. The van der Waals surface area contributed by atoms with Gasteiger partial charge in [0, 0.05) is 17.8 Å². The number of hydrogen-bond donors (Lipinski definition) is 3. The third-order valence-electron chi connectivity index (χ3n) is 6.94. The Morgan fingerprint density at radius 1 is 1.00 bits per heavy atom. The zero-order valence-corrected chi connectivity index (χ0v) is 24.1. The molecule has 3 heterocycles. The van der Waals surface area contributed by atoms with Crippen molar-refractivity contribution in [3.8, 4) is 22.8 Å². The second-order valence-corrected chi connectivity index (χ2v) is 10.6. The Kier molecular flexibility index (Phi) is 8.71. The average Bonchev–Trinajstić information content (AvgIpc) is 2.99. The molecule has 0 radical (unpaired) electrons. The molecule has 1 fully saturated rings. The molecular formula is C32H36N6O4. The number of hydrogen-bond acceptors (Lipinski definition) is 9. The van der Waals surface area contributed by atoms with Crippen molar-refractivity contribution in [2.75, 3.05) is 35.2 Å². The average molecular weight is 569 g/mol. The van der Waals surface area contributed by atoms with Crippen LogP contribution < -0.4 is 25.0 Å². The number of aromatic nitrogens is 3. The molecule has 0 amide bonds. The summed E-state index contributed by atoms with van der Waals surface area (Å²) >= 11 is 0. The van der Waals surface area contributed by atoms with Gasteiger partial charge >= 0.3 is 5.97 Å². The highest BCUT2D eigenvalue weighted by molar-refractivity contribution is 5.81. The molecular weight excluding hydrogens is 532 g/mol. The van der Waals surface area contributed by atoms with Crippen LogP contribution in [0.4, 0.5) is 23.1 Å². The Morgan fingerprint density at radius 3 is 2.55 bits per heavy atom. The molecule has 2 aromatic heterocycles. The second kappa shape index (κ2) is 12.8. The van der Waals surface area contributed by atoms with Gasteiger partial charge in [0.15, 0.2) is 17.3 Å². The molecule has 0 aliphatic carbocycles. The fourth-order valence-corrected chi connectivity index (χ4v) is 4.75. The van der Waals surface area contributed by atoms with E-state index in [0.29, 0.717) is 24.8 Å². The van der Waals surface area contributed by atoms with Gasteiger partial charge in [-0.3, -0.25) is 4.98 Å². The van der Waals surface area contributed by atoms with Crippen LogP contribution in [0.3, 0.4) is 0 Å². The summed E-state index contributed by atoms with van der Waals surface area (Å²) in [6.45, 7) is 7.36. The first-order chi connectivity index (χ1) is 20.3. The van der Waals surface area contributed by atoms with Gasteiger partial charge in [0.05, 0.1) is 31.2 Å². The van der Waals surface area contributed by atoms with E-state index in [4.69, 9.17) is 19.4 Å². The molecule has 1 aliphatic rings. The number of para-hydroxylation sites is 2. The van der Waals surface area contributed by atoms with Gasteiger partial charge in [0.1, 0.15) is 23.3 Å². The van der Waals surface area contributed by atoms with Gasteiger partial charge in [-0.15, -0.1) is 0 Å². The fraction of sp³-hybridized carbons (Fsp3) is 0.312. The molecule has 2 aromatic carbocycles. The van der Waals surface area contributed by atoms with Gasteiger partial charge in [-0.2, -0.15) is 0 Å². The van der Waals surface area contributed by atoms with Crippen molar-refractivity contribution < 1.29 is 19.4 Å². The molecule has 1 saturated heterocycles. The maximum Gasteiger partial charge on any atom is 0.328 e. The summed E-state index contributed by atoms with van der Waals surface area (Å²) in [6, 6.07) is 21.0. The number of carboxylic acid groups (broad SMARTS) is 1. The van der Waals surface area contributed by atoms with Crippen LogP contribution in [-0.4, -0.2) is 57.4 Å². The third-order valence-corrected chi connectivity index (χ3v) is 6.94. The quantitative estimate of drug-likeness (QED) is 0.198. The molecule has 0 saturated carbocycles. The summed E-state index contributed by atoms with van der Waals surface area (Å²) in [5.74, 6) is 2.60. The number of pyridine rings is 1. The van der Waals surface area contributed by atoms with Gasteiger partial charge in [0.25, 0.3) is 0 Å². The lowest BCUT2D eigenvalue weighted by Crippen LogP contribution is -2.41. The molecule has 10 heteroatoms.